The molecule has 0 bridgehead atoms. The first kappa shape index (κ1) is 16.2. The van der Waals surface area contributed by atoms with Crippen molar-refractivity contribution >= 4 is 0 Å². The fraction of sp³-hybridized carbons (Fsp3) is 0.625. The summed E-state index contributed by atoms with van der Waals surface area (Å²) >= 11 is 0. The van der Waals surface area contributed by atoms with E-state index in [2.05, 4.69) is 16.6 Å². The summed E-state index contributed by atoms with van der Waals surface area (Å²) in [5.74, 6) is 0.987. The Kier molecular flexibility index (Phi) is 5.94. The number of halogens is 2. The van der Waals surface area contributed by atoms with Gasteiger partial charge in [0.05, 0.1) is 0 Å². The minimum absolute atomic E-state index is 0.145. The highest BCUT2D eigenvalue weighted by molar-refractivity contribution is 5.29. The largest absolute Gasteiger partial charge is 0.435 e. The molecule has 0 spiro atoms. The van der Waals surface area contributed by atoms with Crippen LogP contribution in [-0.2, 0) is 0 Å². The monoisotopic (exact) mass is 298 g/mol. The van der Waals surface area contributed by atoms with Crippen molar-refractivity contribution in [3.63, 3.8) is 0 Å². The first-order valence-electron chi connectivity index (χ1n) is 7.63. The van der Waals surface area contributed by atoms with E-state index in [0.29, 0.717) is 6.54 Å². The van der Waals surface area contributed by atoms with E-state index < -0.39 is 6.61 Å². The number of ether oxygens (including phenoxy) is 1. The molecular weight excluding hydrogens is 274 g/mol. The number of hydrogen-bond donors (Lipinski definition) is 1. The third-order valence-electron chi connectivity index (χ3n) is 3.85. The molecule has 1 aliphatic rings. The van der Waals surface area contributed by atoms with Gasteiger partial charge in [-0.2, -0.15) is 8.78 Å². The summed E-state index contributed by atoms with van der Waals surface area (Å²) in [6, 6.07) is 7.00. The lowest BCUT2D eigenvalue weighted by Crippen LogP contribution is -2.35. The molecule has 1 aliphatic carbocycles. The number of hydrogen-bond acceptors (Lipinski definition) is 3. The molecule has 1 aromatic rings. The summed E-state index contributed by atoms with van der Waals surface area (Å²) in [6.45, 7) is 1.99. The fourth-order valence-electron chi connectivity index (χ4n) is 2.66. The van der Waals surface area contributed by atoms with Crippen molar-refractivity contribution in [2.24, 2.45) is 11.7 Å². The highest BCUT2D eigenvalue weighted by atomic mass is 19.3. The zero-order valence-corrected chi connectivity index (χ0v) is 12.5. The van der Waals surface area contributed by atoms with Crippen LogP contribution in [0.3, 0.4) is 0 Å². The molecule has 1 aromatic carbocycles. The third-order valence-corrected chi connectivity index (χ3v) is 3.85. The lowest BCUT2D eigenvalue weighted by molar-refractivity contribution is -0.0498. The van der Waals surface area contributed by atoms with E-state index in [1.54, 1.807) is 12.1 Å². The van der Waals surface area contributed by atoms with Gasteiger partial charge in [-0.25, -0.2) is 0 Å². The number of nitrogens with zero attached hydrogens (tertiary/aromatic N) is 1. The third kappa shape index (κ3) is 4.93. The average molecular weight is 298 g/mol. The van der Waals surface area contributed by atoms with E-state index in [9.17, 15) is 8.78 Å². The molecule has 0 amide bonds. The number of nitrogens with two attached hydrogens (primary N) is 1. The second-order valence-electron chi connectivity index (χ2n) is 5.64. The van der Waals surface area contributed by atoms with E-state index in [1.807, 2.05) is 12.1 Å². The number of alkyl halides is 2. The Balaban J connectivity index is 2.06. The molecule has 0 heterocycles. The molecule has 0 radical (unpaired) electrons. The summed E-state index contributed by atoms with van der Waals surface area (Å²) in [6.07, 6.45) is 3.69. The molecule has 2 N–H and O–H groups in total. The van der Waals surface area contributed by atoms with Gasteiger partial charge in [-0.1, -0.05) is 19.1 Å². The molecule has 0 aliphatic heterocycles. The smallest absolute Gasteiger partial charge is 0.387 e. The van der Waals surface area contributed by atoms with Gasteiger partial charge < -0.3 is 10.5 Å². The van der Waals surface area contributed by atoms with Crippen molar-refractivity contribution < 1.29 is 13.5 Å². The first-order chi connectivity index (χ1) is 10.1. The minimum Gasteiger partial charge on any atom is -0.435 e. The van der Waals surface area contributed by atoms with Crippen molar-refractivity contribution in [3.05, 3.63) is 29.8 Å². The fourth-order valence-corrected chi connectivity index (χ4v) is 2.66. The van der Waals surface area contributed by atoms with Crippen LogP contribution in [0.4, 0.5) is 8.78 Å². The van der Waals surface area contributed by atoms with Gasteiger partial charge >= 0.3 is 6.61 Å². The van der Waals surface area contributed by atoms with E-state index in [1.165, 1.54) is 12.8 Å². The molecule has 118 valence electrons. The van der Waals surface area contributed by atoms with Crippen molar-refractivity contribution in [2.45, 2.75) is 38.8 Å². The van der Waals surface area contributed by atoms with Crippen LogP contribution in [0.15, 0.2) is 24.3 Å². The van der Waals surface area contributed by atoms with Crippen LogP contribution >= 0.6 is 0 Å². The standard InChI is InChI=1S/C16H24F2N2O/c1-2-9-20(11-12-3-4-12)15(10-19)13-5-7-14(8-6-13)21-16(17)18/h5-8,12,15-16H,2-4,9-11,19H2,1H3. The summed E-state index contributed by atoms with van der Waals surface area (Å²) in [5, 5.41) is 0. The number of benzene rings is 1. The highest BCUT2D eigenvalue weighted by Gasteiger charge is 2.27. The van der Waals surface area contributed by atoms with Crippen LogP contribution in [0.5, 0.6) is 5.75 Å². The molecule has 1 atom stereocenters. The van der Waals surface area contributed by atoms with Crippen LogP contribution in [0.25, 0.3) is 0 Å². The SMILES string of the molecule is CCCN(CC1CC1)C(CN)c1ccc(OC(F)F)cc1. The molecule has 0 aromatic heterocycles. The van der Waals surface area contributed by atoms with Crippen molar-refractivity contribution in [3.8, 4) is 5.75 Å². The van der Waals surface area contributed by atoms with Crippen LogP contribution in [0, 0.1) is 5.92 Å². The molecule has 2 rings (SSSR count). The summed E-state index contributed by atoms with van der Waals surface area (Å²) in [7, 11) is 0. The van der Waals surface area contributed by atoms with Crippen molar-refractivity contribution in [1.82, 2.24) is 4.90 Å². The van der Waals surface area contributed by atoms with Gasteiger partial charge in [-0.15, -0.1) is 0 Å². The first-order valence-corrected chi connectivity index (χ1v) is 7.63. The minimum atomic E-state index is -2.78. The molecular formula is C16H24F2N2O. The molecule has 1 saturated carbocycles. The lowest BCUT2D eigenvalue weighted by atomic mass is 10.0. The predicted octanol–water partition coefficient (Wildman–Crippen LogP) is 3.41. The van der Waals surface area contributed by atoms with Gasteiger partial charge in [0.15, 0.2) is 0 Å². The Morgan fingerprint density at radius 3 is 2.43 bits per heavy atom. The Morgan fingerprint density at radius 2 is 1.95 bits per heavy atom. The lowest BCUT2D eigenvalue weighted by Gasteiger charge is -2.31. The Labute approximate surface area is 125 Å². The Morgan fingerprint density at radius 1 is 1.29 bits per heavy atom. The molecule has 3 nitrogen and oxygen atoms in total. The van der Waals surface area contributed by atoms with Crippen LogP contribution in [0.1, 0.15) is 37.8 Å². The maximum atomic E-state index is 12.2. The van der Waals surface area contributed by atoms with Crippen molar-refractivity contribution in [1.29, 1.82) is 0 Å². The maximum Gasteiger partial charge on any atom is 0.387 e. The molecule has 1 unspecified atom stereocenters. The maximum absolute atomic E-state index is 12.2. The quantitative estimate of drug-likeness (QED) is 0.759. The normalized spacial score (nSPS) is 16.5. The van der Waals surface area contributed by atoms with Gasteiger partial charge in [0.1, 0.15) is 5.75 Å². The Bertz CT molecular complexity index is 421. The van der Waals surface area contributed by atoms with E-state index in [-0.39, 0.29) is 11.8 Å². The van der Waals surface area contributed by atoms with Crippen LogP contribution < -0.4 is 10.5 Å². The van der Waals surface area contributed by atoms with E-state index >= 15 is 0 Å². The van der Waals surface area contributed by atoms with Gasteiger partial charge in [0, 0.05) is 19.1 Å². The highest BCUT2D eigenvalue weighted by Crippen LogP contribution is 2.33. The van der Waals surface area contributed by atoms with Crippen LogP contribution in [-0.4, -0.2) is 31.1 Å². The van der Waals surface area contributed by atoms with Gasteiger partial charge in [-0.3, -0.25) is 4.90 Å². The second-order valence-corrected chi connectivity index (χ2v) is 5.64. The zero-order chi connectivity index (χ0) is 15.2. The van der Waals surface area contributed by atoms with E-state index in [4.69, 9.17) is 5.73 Å². The summed E-state index contributed by atoms with van der Waals surface area (Å²) in [4.78, 5) is 2.42. The van der Waals surface area contributed by atoms with Gasteiger partial charge in [-0.05, 0) is 49.4 Å². The molecule has 1 fully saturated rings. The summed E-state index contributed by atoms with van der Waals surface area (Å²) in [5.41, 5.74) is 7.02. The topological polar surface area (TPSA) is 38.5 Å². The Hall–Kier alpha value is -1.20. The van der Waals surface area contributed by atoms with Gasteiger partial charge in [0.25, 0.3) is 0 Å². The molecule has 21 heavy (non-hydrogen) atoms. The van der Waals surface area contributed by atoms with Crippen LogP contribution in [0.2, 0.25) is 0 Å². The van der Waals surface area contributed by atoms with E-state index in [0.717, 1.165) is 31.0 Å². The molecule has 5 heteroatoms. The van der Waals surface area contributed by atoms with Crippen molar-refractivity contribution in [2.75, 3.05) is 19.6 Å². The predicted molar refractivity (Wildman–Crippen MR) is 79.5 cm³/mol. The molecule has 0 saturated heterocycles. The van der Waals surface area contributed by atoms with Gasteiger partial charge in [0.2, 0.25) is 0 Å². The zero-order valence-electron chi connectivity index (χ0n) is 12.5. The summed E-state index contributed by atoms with van der Waals surface area (Å²) < 4.78 is 28.7. The average Bonchev–Trinajstić information content (AvgIpc) is 3.25. The second kappa shape index (κ2) is 7.71. The number of rotatable bonds is 9.